The summed E-state index contributed by atoms with van der Waals surface area (Å²) < 4.78 is 0. The summed E-state index contributed by atoms with van der Waals surface area (Å²) >= 11 is 5.20. The van der Waals surface area contributed by atoms with E-state index >= 15 is 0 Å². The number of hydrogen-bond acceptors (Lipinski definition) is 5. The summed E-state index contributed by atoms with van der Waals surface area (Å²) in [5.41, 5.74) is 0. The van der Waals surface area contributed by atoms with Gasteiger partial charge in [0.25, 0.3) is 0 Å². The molecule has 0 aromatic rings. The van der Waals surface area contributed by atoms with E-state index in [1.54, 1.807) is 0 Å². The van der Waals surface area contributed by atoms with Gasteiger partial charge in [-0.3, -0.25) is 24.0 Å². The van der Waals surface area contributed by atoms with Crippen molar-refractivity contribution in [3.05, 3.63) is 0 Å². The third-order valence-electron chi connectivity index (χ3n) is 1.90. The van der Waals surface area contributed by atoms with Gasteiger partial charge in [-0.25, -0.2) is 0 Å². The molecule has 0 aliphatic rings. The lowest BCUT2D eigenvalue weighted by Gasteiger charge is -2.07. The number of halogens is 1. The number of amides is 4. The average Bonchev–Trinajstić information content (AvgIpc) is 2.45. The van der Waals surface area contributed by atoms with Crippen LogP contribution in [-0.2, 0) is 24.0 Å². The Bertz CT molecular complexity index is 428. The van der Waals surface area contributed by atoms with Crippen LogP contribution in [0.25, 0.3) is 0 Å². The Morgan fingerprint density at radius 1 is 0.667 bits per heavy atom. The summed E-state index contributed by atoms with van der Waals surface area (Å²) in [5.74, 6) is -3.92. The van der Waals surface area contributed by atoms with Gasteiger partial charge < -0.3 is 26.4 Å². The fraction of sp³-hybridized carbons (Fsp3) is 0.500. The van der Waals surface area contributed by atoms with Gasteiger partial charge >= 0.3 is 5.97 Å². The van der Waals surface area contributed by atoms with Gasteiger partial charge in [-0.15, -0.1) is 11.6 Å². The van der Waals surface area contributed by atoms with Gasteiger partial charge in [0.15, 0.2) is 0 Å². The molecule has 21 heavy (non-hydrogen) atoms. The van der Waals surface area contributed by atoms with Crippen molar-refractivity contribution in [2.75, 3.05) is 32.1 Å². The molecule has 0 rings (SSSR count). The van der Waals surface area contributed by atoms with E-state index in [4.69, 9.17) is 16.7 Å². The van der Waals surface area contributed by atoms with E-state index in [1.807, 2.05) is 5.32 Å². The molecule has 0 aromatic heterocycles. The molecule has 0 atom stereocenters. The number of aliphatic carboxylic acids is 1. The van der Waals surface area contributed by atoms with Crippen molar-refractivity contribution >= 4 is 41.2 Å². The Morgan fingerprint density at radius 2 is 1.00 bits per heavy atom. The molecule has 0 unspecified atom stereocenters. The molecule has 0 aliphatic carbocycles. The minimum atomic E-state index is -1.21. The van der Waals surface area contributed by atoms with E-state index in [0.29, 0.717) is 0 Å². The van der Waals surface area contributed by atoms with Crippen LogP contribution >= 0.6 is 11.6 Å². The number of rotatable bonds is 9. The quantitative estimate of drug-likeness (QED) is 0.281. The van der Waals surface area contributed by atoms with Crippen LogP contribution in [0.1, 0.15) is 0 Å². The van der Waals surface area contributed by atoms with Crippen LogP contribution in [0.3, 0.4) is 0 Å². The predicted molar refractivity (Wildman–Crippen MR) is 70.4 cm³/mol. The third kappa shape index (κ3) is 11.2. The van der Waals surface area contributed by atoms with Crippen molar-refractivity contribution in [2.24, 2.45) is 0 Å². The molecule has 0 aliphatic heterocycles. The summed E-state index contributed by atoms with van der Waals surface area (Å²) in [5, 5.41) is 16.9. The molecule has 5 N–H and O–H groups in total. The average molecular weight is 323 g/mol. The van der Waals surface area contributed by atoms with E-state index in [1.165, 1.54) is 0 Å². The van der Waals surface area contributed by atoms with Gasteiger partial charge in [0.05, 0.1) is 19.6 Å². The third-order valence-corrected chi connectivity index (χ3v) is 2.14. The first-order valence-electron chi connectivity index (χ1n) is 5.69. The number of alkyl halides is 1. The fourth-order valence-electron chi connectivity index (χ4n) is 0.946. The molecule has 0 fully saturated rings. The van der Waals surface area contributed by atoms with Crippen molar-refractivity contribution in [2.45, 2.75) is 0 Å². The normalized spacial score (nSPS) is 9.38. The van der Waals surface area contributed by atoms with Crippen LogP contribution in [0, 0.1) is 0 Å². The Labute approximate surface area is 124 Å². The molecule has 4 amide bonds. The first-order chi connectivity index (χ1) is 9.85. The van der Waals surface area contributed by atoms with Crippen LogP contribution in [0.15, 0.2) is 0 Å². The Kier molecular flexibility index (Phi) is 9.26. The van der Waals surface area contributed by atoms with Crippen LogP contribution < -0.4 is 21.3 Å². The number of carbonyl (C=O) groups is 5. The SMILES string of the molecule is O=C(O)CNC(=O)CNC(=O)CNC(=O)CNC(=O)CCl. The second kappa shape index (κ2) is 10.4. The highest BCUT2D eigenvalue weighted by Crippen LogP contribution is 1.74. The lowest BCUT2D eigenvalue weighted by Crippen LogP contribution is -2.45. The first kappa shape index (κ1) is 18.6. The highest BCUT2D eigenvalue weighted by atomic mass is 35.5. The zero-order valence-electron chi connectivity index (χ0n) is 10.9. The zero-order valence-corrected chi connectivity index (χ0v) is 11.7. The lowest BCUT2D eigenvalue weighted by molar-refractivity contribution is -0.137. The number of carboxylic acid groups (broad SMARTS) is 1. The van der Waals surface area contributed by atoms with Crippen molar-refractivity contribution in [3.63, 3.8) is 0 Å². The van der Waals surface area contributed by atoms with E-state index < -0.39 is 42.7 Å². The molecule has 0 saturated heterocycles. The van der Waals surface area contributed by atoms with E-state index in [9.17, 15) is 24.0 Å². The summed E-state index contributed by atoms with van der Waals surface area (Å²) in [6.07, 6.45) is 0. The van der Waals surface area contributed by atoms with Crippen LogP contribution in [-0.4, -0.2) is 66.8 Å². The topological polar surface area (TPSA) is 154 Å². The van der Waals surface area contributed by atoms with Crippen molar-refractivity contribution in [3.8, 4) is 0 Å². The smallest absolute Gasteiger partial charge is 0.322 e. The molecule has 11 heteroatoms. The summed E-state index contributed by atoms with van der Waals surface area (Å²) in [4.78, 5) is 54.4. The van der Waals surface area contributed by atoms with Gasteiger partial charge in [-0.05, 0) is 0 Å². The highest BCUT2D eigenvalue weighted by Gasteiger charge is 2.09. The Hall–Kier alpha value is -2.36. The van der Waals surface area contributed by atoms with Crippen molar-refractivity contribution < 1.29 is 29.1 Å². The number of hydrogen-bond donors (Lipinski definition) is 5. The number of nitrogens with one attached hydrogen (secondary N) is 4. The molecular weight excluding hydrogens is 308 g/mol. The maximum atomic E-state index is 11.3. The second-order valence-electron chi connectivity index (χ2n) is 3.63. The minimum Gasteiger partial charge on any atom is -0.480 e. The monoisotopic (exact) mass is 322 g/mol. The second-order valence-corrected chi connectivity index (χ2v) is 3.90. The summed E-state index contributed by atoms with van der Waals surface area (Å²) in [6, 6.07) is 0. The number of carboxylic acids is 1. The largest absolute Gasteiger partial charge is 0.480 e. The van der Waals surface area contributed by atoms with E-state index in [2.05, 4.69) is 16.0 Å². The first-order valence-corrected chi connectivity index (χ1v) is 6.23. The van der Waals surface area contributed by atoms with Gasteiger partial charge in [-0.2, -0.15) is 0 Å². The fourth-order valence-corrected chi connectivity index (χ4v) is 1.04. The minimum absolute atomic E-state index is 0.279. The van der Waals surface area contributed by atoms with Gasteiger partial charge in [-0.1, -0.05) is 0 Å². The number of carbonyl (C=O) groups excluding carboxylic acids is 4. The molecule has 10 nitrogen and oxygen atoms in total. The summed E-state index contributed by atoms with van der Waals surface area (Å²) in [7, 11) is 0. The molecular formula is C10H15ClN4O6. The van der Waals surface area contributed by atoms with Gasteiger partial charge in [0.2, 0.25) is 23.6 Å². The molecule has 0 aromatic carbocycles. The maximum Gasteiger partial charge on any atom is 0.322 e. The van der Waals surface area contributed by atoms with Crippen LogP contribution in [0.4, 0.5) is 0 Å². The van der Waals surface area contributed by atoms with Gasteiger partial charge in [0.1, 0.15) is 12.4 Å². The van der Waals surface area contributed by atoms with Crippen LogP contribution in [0.2, 0.25) is 0 Å². The maximum absolute atomic E-state index is 11.3. The van der Waals surface area contributed by atoms with Crippen LogP contribution in [0.5, 0.6) is 0 Å². The predicted octanol–water partition coefficient (Wildman–Crippen LogP) is -3.23. The highest BCUT2D eigenvalue weighted by molar-refractivity contribution is 6.27. The Morgan fingerprint density at radius 3 is 1.33 bits per heavy atom. The standard InChI is InChI=1S/C10H15ClN4O6/c11-1-6(16)12-2-7(17)13-3-8(18)14-4-9(19)15-5-10(20)21/h1-5H2,(H,12,16)(H,13,17)(H,14,18)(H,15,19)(H,20,21). The summed E-state index contributed by atoms with van der Waals surface area (Å²) in [6.45, 7) is -1.67. The Balaban J connectivity index is 3.75. The molecule has 0 radical (unpaired) electrons. The van der Waals surface area contributed by atoms with Gasteiger partial charge in [0, 0.05) is 0 Å². The molecule has 118 valence electrons. The molecule has 0 saturated carbocycles. The van der Waals surface area contributed by atoms with Crippen molar-refractivity contribution in [1.29, 1.82) is 0 Å². The molecule has 0 bridgehead atoms. The molecule has 0 heterocycles. The zero-order chi connectivity index (χ0) is 16.3. The van der Waals surface area contributed by atoms with E-state index in [0.717, 1.165) is 0 Å². The van der Waals surface area contributed by atoms with E-state index in [-0.39, 0.29) is 19.0 Å². The molecule has 0 spiro atoms. The van der Waals surface area contributed by atoms with Crippen molar-refractivity contribution in [1.82, 2.24) is 21.3 Å². The lowest BCUT2D eigenvalue weighted by atomic mass is 10.4.